The second-order valence-corrected chi connectivity index (χ2v) is 4.83. The summed E-state index contributed by atoms with van der Waals surface area (Å²) < 4.78 is 9.73. The molecule has 0 spiro atoms. The molecule has 1 N–H and O–H groups in total. The van der Waals surface area contributed by atoms with Crippen LogP contribution in [0.4, 0.5) is 0 Å². The minimum absolute atomic E-state index is 0.0439. The van der Waals surface area contributed by atoms with E-state index < -0.39 is 23.5 Å². The molecule has 0 aliphatic carbocycles. The van der Waals surface area contributed by atoms with Crippen LogP contribution in [0, 0.1) is 5.92 Å². The summed E-state index contributed by atoms with van der Waals surface area (Å²) in [5.41, 5.74) is -0.625. The second kappa shape index (κ2) is 7.27. The van der Waals surface area contributed by atoms with Gasteiger partial charge < -0.3 is 14.6 Å². The molecule has 5 heteroatoms. The van der Waals surface area contributed by atoms with E-state index in [1.165, 1.54) is 7.11 Å². The largest absolute Gasteiger partial charge is 0.468 e. The van der Waals surface area contributed by atoms with Crippen LogP contribution in [-0.4, -0.2) is 36.4 Å². The van der Waals surface area contributed by atoms with Gasteiger partial charge in [0.15, 0.2) is 5.92 Å². The molecule has 0 bridgehead atoms. The highest BCUT2D eigenvalue weighted by Crippen LogP contribution is 2.17. The average molecular weight is 246 g/mol. The molecule has 0 aromatic carbocycles. The third-order valence-corrected chi connectivity index (χ3v) is 2.08. The van der Waals surface area contributed by atoms with E-state index in [1.54, 1.807) is 20.8 Å². The molecule has 0 aliphatic heterocycles. The number of ether oxygens (including phenoxy) is 2. The van der Waals surface area contributed by atoms with Gasteiger partial charge in [-0.1, -0.05) is 0 Å². The quantitative estimate of drug-likeness (QED) is 0.434. The van der Waals surface area contributed by atoms with E-state index in [9.17, 15) is 9.59 Å². The number of unbranched alkanes of at least 4 members (excludes halogenated alkanes) is 1. The van der Waals surface area contributed by atoms with Crippen LogP contribution < -0.4 is 0 Å². The average Bonchev–Trinajstić information content (AvgIpc) is 2.20. The highest BCUT2D eigenvalue weighted by Gasteiger charge is 2.31. The van der Waals surface area contributed by atoms with Crippen LogP contribution >= 0.6 is 0 Å². The molecule has 0 aromatic heterocycles. The molecule has 0 radical (unpaired) electrons. The van der Waals surface area contributed by atoms with Gasteiger partial charge in [0.05, 0.1) is 7.11 Å². The lowest BCUT2D eigenvalue weighted by Gasteiger charge is -2.22. The minimum atomic E-state index is -0.897. The van der Waals surface area contributed by atoms with Gasteiger partial charge in [-0.15, -0.1) is 0 Å². The first-order valence-corrected chi connectivity index (χ1v) is 5.73. The maximum atomic E-state index is 11.8. The molecule has 1 atom stereocenters. The maximum absolute atomic E-state index is 11.8. The standard InChI is InChI=1S/C12H22O5/c1-12(2,3)17-11(15)9(10(14)16-4)7-5-6-8-13/h9,13H,5-8H2,1-4H3. The lowest BCUT2D eigenvalue weighted by atomic mass is 10.0. The number of esters is 2. The SMILES string of the molecule is COC(=O)C(CCCCO)C(=O)OC(C)(C)C. The van der Waals surface area contributed by atoms with Crippen molar-refractivity contribution in [2.75, 3.05) is 13.7 Å². The summed E-state index contributed by atoms with van der Waals surface area (Å²) in [7, 11) is 1.24. The normalized spacial score (nSPS) is 13.0. The van der Waals surface area contributed by atoms with E-state index in [0.717, 1.165) is 0 Å². The number of carbonyl (C=O) groups is 2. The molecular weight excluding hydrogens is 224 g/mol. The van der Waals surface area contributed by atoms with Crippen LogP contribution in [0.3, 0.4) is 0 Å². The van der Waals surface area contributed by atoms with Crippen molar-refractivity contribution in [2.45, 2.75) is 45.6 Å². The van der Waals surface area contributed by atoms with Crippen molar-refractivity contribution >= 4 is 11.9 Å². The second-order valence-electron chi connectivity index (χ2n) is 4.83. The van der Waals surface area contributed by atoms with Crippen molar-refractivity contribution in [3.05, 3.63) is 0 Å². The molecule has 100 valence electrons. The fraction of sp³-hybridized carbons (Fsp3) is 0.833. The van der Waals surface area contributed by atoms with Gasteiger partial charge in [-0.25, -0.2) is 0 Å². The van der Waals surface area contributed by atoms with Crippen LogP contribution in [0.15, 0.2) is 0 Å². The van der Waals surface area contributed by atoms with E-state index in [1.807, 2.05) is 0 Å². The third kappa shape index (κ3) is 6.94. The third-order valence-electron chi connectivity index (χ3n) is 2.08. The number of hydrogen-bond acceptors (Lipinski definition) is 5. The number of aliphatic hydroxyl groups excluding tert-OH is 1. The van der Waals surface area contributed by atoms with Crippen LogP contribution in [0.2, 0.25) is 0 Å². The molecule has 0 aliphatic rings. The van der Waals surface area contributed by atoms with Gasteiger partial charge in [0.1, 0.15) is 5.60 Å². The highest BCUT2D eigenvalue weighted by molar-refractivity contribution is 5.94. The Balaban J connectivity index is 4.46. The predicted molar refractivity (Wildman–Crippen MR) is 62.3 cm³/mol. The zero-order valence-electron chi connectivity index (χ0n) is 11.0. The Morgan fingerprint density at radius 1 is 1.18 bits per heavy atom. The fourth-order valence-electron chi connectivity index (χ4n) is 1.31. The molecule has 0 aromatic rings. The van der Waals surface area contributed by atoms with Crippen molar-refractivity contribution < 1.29 is 24.2 Å². The van der Waals surface area contributed by atoms with Crippen molar-refractivity contribution in [1.82, 2.24) is 0 Å². The van der Waals surface area contributed by atoms with Gasteiger partial charge in [0.25, 0.3) is 0 Å². The monoisotopic (exact) mass is 246 g/mol. The van der Waals surface area contributed by atoms with Gasteiger partial charge in [-0.05, 0) is 40.0 Å². The van der Waals surface area contributed by atoms with E-state index in [4.69, 9.17) is 9.84 Å². The minimum Gasteiger partial charge on any atom is -0.468 e. The lowest BCUT2D eigenvalue weighted by Crippen LogP contribution is -2.33. The topological polar surface area (TPSA) is 72.8 Å². The van der Waals surface area contributed by atoms with Crippen molar-refractivity contribution in [2.24, 2.45) is 5.92 Å². The molecular formula is C12H22O5. The molecule has 0 amide bonds. The van der Waals surface area contributed by atoms with E-state index in [2.05, 4.69) is 4.74 Å². The number of carbonyl (C=O) groups excluding carboxylic acids is 2. The number of rotatable bonds is 6. The van der Waals surface area contributed by atoms with Crippen LogP contribution in [-0.2, 0) is 19.1 Å². The first kappa shape index (κ1) is 15.9. The molecule has 0 rings (SSSR count). The number of hydrogen-bond donors (Lipinski definition) is 1. The van der Waals surface area contributed by atoms with E-state index in [-0.39, 0.29) is 6.61 Å². The molecule has 0 saturated heterocycles. The highest BCUT2D eigenvalue weighted by atomic mass is 16.6. The Bertz CT molecular complexity index is 254. The Labute approximate surface area is 102 Å². The Morgan fingerprint density at radius 3 is 2.18 bits per heavy atom. The zero-order chi connectivity index (χ0) is 13.5. The van der Waals surface area contributed by atoms with Crippen LogP contribution in [0.25, 0.3) is 0 Å². The number of methoxy groups -OCH3 is 1. The summed E-state index contributed by atoms with van der Waals surface area (Å²) in [5, 5.41) is 8.67. The van der Waals surface area contributed by atoms with Gasteiger partial charge in [0, 0.05) is 6.61 Å². The predicted octanol–water partition coefficient (Wildman–Crippen LogP) is 1.28. The van der Waals surface area contributed by atoms with Crippen molar-refractivity contribution in [3.8, 4) is 0 Å². The van der Waals surface area contributed by atoms with E-state index in [0.29, 0.717) is 19.3 Å². The zero-order valence-corrected chi connectivity index (χ0v) is 11.0. The van der Waals surface area contributed by atoms with Crippen molar-refractivity contribution in [3.63, 3.8) is 0 Å². The summed E-state index contributed by atoms with van der Waals surface area (Å²) in [6, 6.07) is 0. The van der Waals surface area contributed by atoms with Crippen LogP contribution in [0.5, 0.6) is 0 Å². The molecule has 1 unspecified atom stereocenters. The van der Waals surface area contributed by atoms with Gasteiger partial charge in [-0.2, -0.15) is 0 Å². The summed E-state index contributed by atoms with van der Waals surface area (Å²) in [6.45, 7) is 5.27. The van der Waals surface area contributed by atoms with Crippen molar-refractivity contribution in [1.29, 1.82) is 0 Å². The van der Waals surface area contributed by atoms with E-state index >= 15 is 0 Å². The Kier molecular flexibility index (Phi) is 6.80. The summed E-state index contributed by atoms with van der Waals surface area (Å²) in [5.74, 6) is -2.05. The molecule has 0 fully saturated rings. The van der Waals surface area contributed by atoms with Gasteiger partial charge >= 0.3 is 11.9 Å². The van der Waals surface area contributed by atoms with Gasteiger partial charge in [0.2, 0.25) is 0 Å². The summed E-state index contributed by atoms with van der Waals surface area (Å²) >= 11 is 0. The first-order valence-electron chi connectivity index (χ1n) is 5.73. The van der Waals surface area contributed by atoms with Gasteiger partial charge in [-0.3, -0.25) is 9.59 Å². The smallest absolute Gasteiger partial charge is 0.320 e. The summed E-state index contributed by atoms with van der Waals surface area (Å²) in [6.07, 6.45) is 1.47. The maximum Gasteiger partial charge on any atom is 0.320 e. The molecule has 17 heavy (non-hydrogen) atoms. The number of aliphatic hydroxyl groups is 1. The Hall–Kier alpha value is -1.10. The first-order chi connectivity index (χ1) is 7.81. The molecule has 0 heterocycles. The molecule has 0 saturated carbocycles. The molecule has 5 nitrogen and oxygen atoms in total. The van der Waals surface area contributed by atoms with Crippen LogP contribution in [0.1, 0.15) is 40.0 Å². The lowest BCUT2D eigenvalue weighted by molar-refractivity contribution is -0.168. The Morgan fingerprint density at radius 2 is 1.76 bits per heavy atom. The fourth-order valence-corrected chi connectivity index (χ4v) is 1.31. The summed E-state index contributed by atoms with van der Waals surface area (Å²) in [4.78, 5) is 23.2.